The van der Waals surface area contributed by atoms with Gasteiger partial charge < -0.3 is 22.1 Å². The SMILES string of the molecule is O.[Ce+3].[N-]=O.[NH2-].[c-]1ccccc1. The van der Waals surface area contributed by atoms with Crippen LogP contribution in [0.5, 0.6) is 0 Å². The van der Waals surface area contributed by atoms with Crippen molar-refractivity contribution in [1.82, 2.24) is 0 Å². The Bertz CT molecular complexity index is 101. The number of benzene rings is 1. The van der Waals surface area contributed by atoms with Gasteiger partial charge in [0.2, 0.25) is 0 Å². The van der Waals surface area contributed by atoms with Crippen molar-refractivity contribution in [2.24, 2.45) is 0 Å². The molecule has 0 spiro atoms. The smallest absolute Gasteiger partial charge is 0.693 e. The molecule has 0 aliphatic carbocycles. The minimum absolute atomic E-state index is 0. The van der Waals surface area contributed by atoms with Crippen LogP contribution < -0.4 is 0 Å². The van der Waals surface area contributed by atoms with E-state index >= 15 is 0 Å². The third-order valence-corrected chi connectivity index (χ3v) is 0.607. The zero-order chi connectivity index (χ0) is 6.24. The second kappa shape index (κ2) is 22.5. The monoisotopic (exact) mass is 281 g/mol. The molecule has 59 valence electrons. The average molecular weight is 281 g/mol. The van der Waals surface area contributed by atoms with Crippen molar-refractivity contribution in [2.45, 2.75) is 0 Å². The first kappa shape index (κ1) is 22.5. The van der Waals surface area contributed by atoms with E-state index in [1.807, 2.05) is 30.3 Å². The molecule has 0 bridgehead atoms. The van der Waals surface area contributed by atoms with E-state index in [9.17, 15) is 0 Å². The second-order valence-electron chi connectivity index (χ2n) is 1.08. The third-order valence-electron chi connectivity index (χ3n) is 0.607. The topological polar surface area (TPSA) is 104 Å². The van der Waals surface area contributed by atoms with Crippen molar-refractivity contribution < 1.29 is 47.2 Å². The van der Waals surface area contributed by atoms with E-state index in [0.717, 1.165) is 0 Å². The van der Waals surface area contributed by atoms with Crippen LogP contribution >= 0.6 is 0 Å². The summed E-state index contributed by atoms with van der Waals surface area (Å²) in [7, 11) is 0. The molecule has 4 nitrogen and oxygen atoms in total. The van der Waals surface area contributed by atoms with E-state index in [1.165, 1.54) is 0 Å². The molecule has 0 fully saturated rings. The van der Waals surface area contributed by atoms with Gasteiger partial charge in [-0.2, -0.15) is 36.4 Å². The molecule has 0 aromatic heterocycles. The Morgan fingerprint density at radius 1 is 1.00 bits per heavy atom. The quantitative estimate of drug-likeness (QED) is 0.663. The summed E-state index contributed by atoms with van der Waals surface area (Å²) in [6.45, 7) is 0. The van der Waals surface area contributed by atoms with Crippen LogP contribution in [0.25, 0.3) is 11.7 Å². The molecule has 0 amide bonds. The summed E-state index contributed by atoms with van der Waals surface area (Å²) in [6, 6.07) is 12.5. The standard InChI is InChI=1S/C6H5.Ce.NO.H2N.H2O/c1-2-4-6-5-3-1;;1-2;;/h1-5H;;;2*1H2/q-1;+3;2*-1;. The van der Waals surface area contributed by atoms with Gasteiger partial charge in [0.15, 0.2) is 0 Å². The van der Waals surface area contributed by atoms with E-state index in [-0.39, 0.29) is 53.4 Å². The van der Waals surface area contributed by atoms with Crippen molar-refractivity contribution in [3.63, 3.8) is 0 Å². The Morgan fingerprint density at radius 3 is 1.45 bits per heavy atom. The van der Waals surface area contributed by atoms with E-state index < -0.39 is 0 Å². The molecule has 0 heterocycles. The van der Waals surface area contributed by atoms with Gasteiger partial charge in [0.25, 0.3) is 0 Å². The first-order valence-corrected chi connectivity index (χ1v) is 2.09. The van der Waals surface area contributed by atoms with Crippen LogP contribution in [0.3, 0.4) is 0 Å². The van der Waals surface area contributed by atoms with Crippen molar-refractivity contribution in [3.8, 4) is 0 Å². The third kappa shape index (κ3) is 17.8. The second-order valence-corrected chi connectivity index (χ2v) is 1.08. The molecule has 1 aromatic carbocycles. The Morgan fingerprint density at radius 2 is 1.36 bits per heavy atom. The van der Waals surface area contributed by atoms with Gasteiger partial charge in [-0.25, -0.2) is 0 Å². The fraction of sp³-hybridized carbons (Fsp3) is 0. The average Bonchev–Trinajstić information content (AvgIpc) is 1.96. The Balaban J connectivity index is -0.0000000459. The summed E-state index contributed by atoms with van der Waals surface area (Å²) in [5.74, 6) is 0. The van der Waals surface area contributed by atoms with E-state index in [1.54, 1.807) is 0 Å². The summed E-state index contributed by atoms with van der Waals surface area (Å²) in [5.41, 5.74) is 5.75. The van der Waals surface area contributed by atoms with E-state index in [2.05, 4.69) is 6.07 Å². The molecule has 5 heteroatoms. The van der Waals surface area contributed by atoms with Gasteiger partial charge in [-0.05, 0) is 0 Å². The van der Waals surface area contributed by atoms with Crippen molar-refractivity contribution >= 4 is 0 Å². The zero-order valence-corrected chi connectivity index (χ0v) is 8.96. The fourth-order valence-corrected chi connectivity index (χ4v) is 0.342. The number of nitrogens with zero attached hydrogens (tertiary/aromatic N) is 1. The van der Waals surface area contributed by atoms with Gasteiger partial charge in [-0.1, -0.05) is 0 Å². The predicted molar refractivity (Wildman–Crippen MR) is 40.9 cm³/mol. The van der Waals surface area contributed by atoms with Crippen molar-refractivity contribution in [1.29, 1.82) is 0 Å². The van der Waals surface area contributed by atoms with Gasteiger partial charge in [-0.3, -0.25) is 0 Å². The van der Waals surface area contributed by atoms with Crippen LogP contribution in [-0.2, 0) is 0 Å². The van der Waals surface area contributed by atoms with Crippen LogP contribution in [0.4, 0.5) is 0 Å². The Hall–Kier alpha value is 0.117. The molecule has 1 rings (SSSR count). The maximum absolute atomic E-state index is 7.25. The van der Waals surface area contributed by atoms with Gasteiger partial charge >= 0.3 is 41.7 Å². The Labute approximate surface area is 99.4 Å². The van der Waals surface area contributed by atoms with Crippen LogP contribution in [0.1, 0.15) is 0 Å². The van der Waals surface area contributed by atoms with Crippen LogP contribution in [0.2, 0.25) is 0 Å². The number of nitrogens with two attached hydrogens (primary N) is 1. The number of nitroso groups, excluding NO2 is 1. The first-order valence-electron chi connectivity index (χ1n) is 2.09. The fourth-order valence-electron chi connectivity index (χ4n) is 0.342. The molecule has 0 unspecified atom stereocenters. The summed E-state index contributed by atoms with van der Waals surface area (Å²) < 4.78 is 0. The minimum Gasteiger partial charge on any atom is -0.693 e. The van der Waals surface area contributed by atoms with Gasteiger partial charge in [-0.15, -0.1) is 0 Å². The molecule has 0 aliphatic rings. The molecule has 0 atom stereocenters. The maximum atomic E-state index is 7.25. The molecule has 0 saturated carbocycles. The van der Waals surface area contributed by atoms with Crippen LogP contribution in [-0.4, -0.2) is 5.48 Å². The van der Waals surface area contributed by atoms with Gasteiger partial charge in [0.1, 0.15) is 0 Å². The number of rotatable bonds is 0. The van der Waals surface area contributed by atoms with Crippen LogP contribution in [0.15, 0.2) is 30.3 Å². The molecular weight excluding hydrogens is 272 g/mol. The first-order chi connectivity index (χ1) is 4.00. The molecule has 1 radical (unpaired) electrons. The predicted octanol–water partition coefficient (Wildman–Crippen LogP) is 1.70. The molecule has 1 aromatic rings. The molecule has 11 heavy (non-hydrogen) atoms. The van der Waals surface area contributed by atoms with Gasteiger partial charge in [0.05, 0.1) is 0 Å². The van der Waals surface area contributed by atoms with E-state index in [4.69, 9.17) is 10.5 Å². The largest absolute Gasteiger partial charge is 3.00 e. The van der Waals surface area contributed by atoms with Crippen LogP contribution in [0, 0.1) is 52.7 Å². The molecular formula is C6H9CeN2O2. The normalized spacial score (nSPS) is 4.73. The Kier molecular flexibility index (Phi) is 45.9. The molecule has 0 saturated heterocycles. The summed E-state index contributed by atoms with van der Waals surface area (Å²) in [6.07, 6.45) is 0. The summed E-state index contributed by atoms with van der Waals surface area (Å²) in [5, 5.41) is 0. The summed E-state index contributed by atoms with van der Waals surface area (Å²) in [4.78, 5) is 7.25. The van der Waals surface area contributed by atoms with Crippen molar-refractivity contribution in [2.75, 3.05) is 0 Å². The zero-order valence-electron chi connectivity index (χ0n) is 5.82. The summed E-state index contributed by atoms with van der Waals surface area (Å²) >= 11 is 0. The molecule has 0 aliphatic heterocycles. The molecule has 4 N–H and O–H groups in total. The number of hydrogen-bond donors (Lipinski definition) is 0. The minimum atomic E-state index is 0. The van der Waals surface area contributed by atoms with Gasteiger partial charge in [0, 0.05) is 0 Å². The van der Waals surface area contributed by atoms with Crippen molar-refractivity contribution in [3.05, 3.63) is 53.0 Å². The maximum Gasteiger partial charge on any atom is 3.00 e. The van der Waals surface area contributed by atoms with E-state index in [0.29, 0.717) is 0 Å². The number of hydrogen-bond acceptors (Lipinski definition) is 1.